The number of anilines is 1. The molecule has 0 saturated carbocycles. The Bertz CT molecular complexity index is 1240. The molecule has 1 amide bonds. The summed E-state index contributed by atoms with van der Waals surface area (Å²) in [6.45, 7) is 2.10. The van der Waals surface area contributed by atoms with E-state index in [2.05, 4.69) is 5.32 Å². The molecular formula is C25H26N2O5S. The third-order valence-corrected chi connectivity index (χ3v) is 7.44. The minimum absolute atomic E-state index is 0.181. The van der Waals surface area contributed by atoms with Gasteiger partial charge in [0.25, 0.3) is 15.9 Å². The Morgan fingerprint density at radius 3 is 2.48 bits per heavy atom. The molecule has 33 heavy (non-hydrogen) atoms. The highest BCUT2D eigenvalue weighted by atomic mass is 32.2. The molecule has 0 spiro atoms. The van der Waals surface area contributed by atoms with Crippen molar-refractivity contribution in [1.29, 1.82) is 0 Å². The van der Waals surface area contributed by atoms with E-state index in [1.807, 2.05) is 55.5 Å². The van der Waals surface area contributed by atoms with Crippen LogP contribution in [0.25, 0.3) is 0 Å². The van der Waals surface area contributed by atoms with Gasteiger partial charge in [-0.3, -0.25) is 9.10 Å². The third-order valence-electron chi connectivity index (χ3n) is 5.61. The molecule has 3 aromatic rings. The summed E-state index contributed by atoms with van der Waals surface area (Å²) in [5.74, 6) is 0.818. The van der Waals surface area contributed by atoms with Crippen LogP contribution in [-0.4, -0.2) is 34.6 Å². The second-order valence-electron chi connectivity index (χ2n) is 7.75. The fourth-order valence-electron chi connectivity index (χ4n) is 3.93. The Morgan fingerprint density at radius 1 is 1.03 bits per heavy atom. The molecule has 0 radical (unpaired) electrons. The first-order valence-electron chi connectivity index (χ1n) is 10.7. The van der Waals surface area contributed by atoms with Crippen molar-refractivity contribution in [2.24, 2.45) is 0 Å². The van der Waals surface area contributed by atoms with Crippen LogP contribution in [0.1, 0.15) is 24.1 Å². The van der Waals surface area contributed by atoms with Gasteiger partial charge in [-0.2, -0.15) is 0 Å². The number of carbonyl (C=O) groups excluding carboxylic acids is 1. The maximum Gasteiger partial charge on any atom is 0.264 e. The van der Waals surface area contributed by atoms with Gasteiger partial charge in [-0.15, -0.1) is 0 Å². The summed E-state index contributed by atoms with van der Waals surface area (Å²) < 4.78 is 38.5. The molecule has 0 fully saturated rings. The third kappa shape index (κ3) is 4.80. The highest BCUT2D eigenvalue weighted by molar-refractivity contribution is 7.92. The average Bonchev–Trinajstić information content (AvgIpc) is 3.28. The van der Waals surface area contributed by atoms with Crippen LogP contribution < -0.4 is 19.1 Å². The highest BCUT2D eigenvalue weighted by Crippen LogP contribution is 2.33. The molecule has 3 aromatic carbocycles. The van der Waals surface area contributed by atoms with Gasteiger partial charge in [-0.25, -0.2) is 8.42 Å². The van der Waals surface area contributed by atoms with E-state index in [1.165, 1.54) is 16.4 Å². The zero-order valence-corrected chi connectivity index (χ0v) is 19.3. The van der Waals surface area contributed by atoms with Crippen molar-refractivity contribution in [2.45, 2.75) is 24.3 Å². The van der Waals surface area contributed by atoms with Crippen molar-refractivity contribution >= 4 is 21.6 Å². The number of rotatable bonds is 8. The summed E-state index contributed by atoms with van der Waals surface area (Å²) in [6.07, 6.45) is 0.693. The minimum Gasteiger partial charge on any atom is -0.496 e. The van der Waals surface area contributed by atoms with Gasteiger partial charge in [0, 0.05) is 12.1 Å². The number of benzene rings is 3. The molecule has 8 heteroatoms. The number of amides is 1. The Kier molecular flexibility index (Phi) is 6.55. The second-order valence-corrected chi connectivity index (χ2v) is 9.61. The molecule has 0 unspecified atom stereocenters. The number of hydrogen-bond donors (Lipinski definition) is 1. The Hall–Kier alpha value is -3.52. The summed E-state index contributed by atoms with van der Waals surface area (Å²) in [4.78, 5) is 12.5. The Morgan fingerprint density at radius 2 is 1.73 bits per heavy atom. The average molecular weight is 467 g/mol. The molecule has 1 aliphatic heterocycles. The quantitative estimate of drug-likeness (QED) is 0.547. The maximum absolute atomic E-state index is 13.1. The number of carbonyl (C=O) groups is 1. The van der Waals surface area contributed by atoms with Gasteiger partial charge < -0.3 is 14.8 Å². The lowest BCUT2D eigenvalue weighted by Crippen LogP contribution is -2.31. The molecule has 0 saturated heterocycles. The Labute approximate surface area is 194 Å². The van der Waals surface area contributed by atoms with Gasteiger partial charge >= 0.3 is 0 Å². The normalized spacial score (nSPS) is 13.8. The maximum atomic E-state index is 13.1. The summed E-state index contributed by atoms with van der Waals surface area (Å²) in [5, 5.41) is 2.88. The molecule has 7 nitrogen and oxygen atoms in total. The fourth-order valence-corrected chi connectivity index (χ4v) is 5.43. The van der Waals surface area contributed by atoms with Gasteiger partial charge in [-0.1, -0.05) is 36.4 Å². The SMILES string of the molecule is COc1ccccc1[C@H](C)NC(=O)COc1ccc(S(=O)(=O)N2CCc3ccccc32)cc1. The fraction of sp³-hybridized carbons (Fsp3) is 0.240. The first-order valence-corrected chi connectivity index (χ1v) is 12.1. The van der Waals surface area contributed by atoms with Gasteiger partial charge in [-0.05, 0) is 55.3 Å². The number of sulfonamides is 1. The lowest BCUT2D eigenvalue weighted by Gasteiger charge is -2.20. The number of hydrogen-bond acceptors (Lipinski definition) is 5. The zero-order valence-electron chi connectivity index (χ0n) is 18.5. The standard InChI is InChI=1S/C25H26N2O5S/c1-18(22-8-4-6-10-24(22)31-2)26-25(28)17-32-20-11-13-21(14-12-20)33(29,30)27-16-15-19-7-3-5-9-23(19)27/h3-14,18H,15-17H2,1-2H3,(H,26,28)/t18-/m0/s1. The van der Waals surface area contributed by atoms with E-state index in [4.69, 9.17) is 9.47 Å². The van der Waals surface area contributed by atoms with E-state index >= 15 is 0 Å². The second kappa shape index (κ2) is 9.54. The summed E-state index contributed by atoms with van der Waals surface area (Å²) in [7, 11) is -2.08. The lowest BCUT2D eigenvalue weighted by molar-refractivity contribution is -0.123. The van der Waals surface area contributed by atoms with Crippen molar-refractivity contribution in [3.63, 3.8) is 0 Å². The van der Waals surface area contributed by atoms with Gasteiger partial charge in [0.1, 0.15) is 11.5 Å². The van der Waals surface area contributed by atoms with Crippen molar-refractivity contribution in [1.82, 2.24) is 5.32 Å². The summed E-state index contributed by atoms with van der Waals surface area (Å²) >= 11 is 0. The smallest absolute Gasteiger partial charge is 0.264 e. The predicted octanol–water partition coefficient (Wildman–Crippen LogP) is 3.70. The molecule has 1 atom stereocenters. The first-order chi connectivity index (χ1) is 15.9. The van der Waals surface area contributed by atoms with Crippen LogP contribution in [0.3, 0.4) is 0 Å². The molecule has 0 aromatic heterocycles. The molecule has 0 bridgehead atoms. The van der Waals surface area contributed by atoms with Crippen molar-refractivity contribution < 1.29 is 22.7 Å². The number of nitrogens with one attached hydrogen (secondary N) is 1. The monoisotopic (exact) mass is 466 g/mol. The molecule has 1 heterocycles. The predicted molar refractivity (Wildman–Crippen MR) is 126 cm³/mol. The minimum atomic E-state index is -3.67. The van der Waals surface area contributed by atoms with Crippen molar-refractivity contribution in [2.75, 3.05) is 24.6 Å². The molecule has 1 aliphatic rings. The van der Waals surface area contributed by atoms with Crippen LogP contribution in [0.2, 0.25) is 0 Å². The van der Waals surface area contributed by atoms with E-state index in [1.54, 1.807) is 19.2 Å². The van der Waals surface area contributed by atoms with Crippen LogP contribution in [0.5, 0.6) is 11.5 Å². The van der Waals surface area contributed by atoms with Gasteiger partial charge in [0.15, 0.2) is 6.61 Å². The number of fused-ring (bicyclic) bond motifs is 1. The number of ether oxygens (including phenoxy) is 2. The molecule has 0 aliphatic carbocycles. The number of methoxy groups -OCH3 is 1. The van der Waals surface area contributed by atoms with Crippen LogP contribution in [0.4, 0.5) is 5.69 Å². The molecule has 1 N–H and O–H groups in total. The lowest BCUT2D eigenvalue weighted by atomic mass is 10.1. The van der Waals surface area contributed by atoms with Crippen LogP contribution in [0, 0.1) is 0 Å². The van der Waals surface area contributed by atoms with Gasteiger partial charge in [0.05, 0.1) is 23.7 Å². The van der Waals surface area contributed by atoms with E-state index in [-0.39, 0.29) is 23.5 Å². The topological polar surface area (TPSA) is 84.9 Å². The first kappa shape index (κ1) is 22.7. The van der Waals surface area contributed by atoms with Crippen LogP contribution in [0.15, 0.2) is 77.7 Å². The summed E-state index contributed by atoms with van der Waals surface area (Å²) in [6, 6.07) is 20.9. The van der Waals surface area contributed by atoms with Crippen molar-refractivity contribution in [3.8, 4) is 11.5 Å². The molecule has 172 valence electrons. The zero-order chi connectivity index (χ0) is 23.4. The largest absolute Gasteiger partial charge is 0.496 e. The summed E-state index contributed by atoms with van der Waals surface area (Å²) in [5.41, 5.74) is 2.61. The van der Waals surface area contributed by atoms with Gasteiger partial charge in [0.2, 0.25) is 0 Å². The van der Waals surface area contributed by atoms with E-state index < -0.39 is 10.0 Å². The van der Waals surface area contributed by atoms with Crippen LogP contribution >= 0.6 is 0 Å². The molecular weight excluding hydrogens is 440 g/mol. The number of para-hydroxylation sites is 2. The Balaban J connectivity index is 1.37. The van der Waals surface area contributed by atoms with E-state index in [9.17, 15) is 13.2 Å². The van der Waals surface area contributed by atoms with Crippen molar-refractivity contribution in [3.05, 3.63) is 83.9 Å². The van der Waals surface area contributed by atoms with E-state index in [0.717, 1.165) is 16.8 Å². The van der Waals surface area contributed by atoms with Crippen LogP contribution in [-0.2, 0) is 21.2 Å². The molecule has 4 rings (SSSR count). The van der Waals surface area contributed by atoms with E-state index in [0.29, 0.717) is 24.5 Å². The highest BCUT2D eigenvalue weighted by Gasteiger charge is 2.30. The number of nitrogens with zero attached hydrogens (tertiary/aromatic N) is 1.